The molecule has 174 valence electrons. The Labute approximate surface area is 201 Å². The van der Waals surface area contributed by atoms with Crippen LogP contribution in [0.2, 0.25) is 10.0 Å². The summed E-state index contributed by atoms with van der Waals surface area (Å²) in [5, 5.41) is 3.85. The van der Waals surface area contributed by atoms with E-state index in [0.717, 1.165) is 11.3 Å². The number of hydrogen-bond acceptors (Lipinski definition) is 3. The van der Waals surface area contributed by atoms with Crippen LogP contribution in [-0.4, -0.2) is 35.4 Å². The second-order valence-corrected chi connectivity index (χ2v) is 8.89. The van der Waals surface area contributed by atoms with Crippen molar-refractivity contribution in [2.24, 2.45) is 0 Å². The Kier molecular flexibility index (Phi) is 10.3. The van der Waals surface area contributed by atoms with Crippen LogP contribution in [0.1, 0.15) is 51.2 Å². The highest BCUT2D eigenvalue weighted by atomic mass is 35.5. The van der Waals surface area contributed by atoms with Crippen LogP contribution < -0.4 is 10.1 Å². The molecule has 0 aliphatic heterocycles. The minimum Gasteiger partial charge on any atom is -0.494 e. The molecule has 2 aromatic rings. The minimum absolute atomic E-state index is 0.0275. The predicted octanol–water partition coefficient (Wildman–Crippen LogP) is 5.79. The van der Waals surface area contributed by atoms with Gasteiger partial charge in [-0.1, -0.05) is 53.9 Å². The number of nitrogens with zero attached hydrogens (tertiary/aromatic N) is 1. The maximum absolute atomic E-state index is 13.2. The van der Waals surface area contributed by atoms with Crippen molar-refractivity contribution in [3.8, 4) is 5.75 Å². The van der Waals surface area contributed by atoms with Gasteiger partial charge in [0.05, 0.1) is 6.61 Å². The van der Waals surface area contributed by atoms with Gasteiger partial charge >= 0.3 is 0 Å². The number of carbonyl (C=O) groups is 2. The SMILES string of the molecule is CC[C@@H](C(=O)NC(C)C)N(Cc1c(Cl)cccc1Cl)C(=O)CCCOc1ccc(C)cc1. The Morgan fingerprint density at radius 2 is 1.69 bits per heavy atom. The summed E-state index contributed by atoms with van der Waals surface area (Å²) in [5.41, 5.74) is 1.79. The Balaban J connectivity index is 2.12. The molecule has 0 aliphatic rings. The van der Waals surface area contributed by atoms with Gasteiger partial charge in [0.2, 0.25) is 11.8 Å². The zero-order chi connectivity index (χ0) is 23.7. The van der Waals surface area contributed by atoms with E-state index in [1.807, 2.05) is 52.0 Å². The normalized spacial score (nSPS) is 11.8. The molecule has 2 rings (SSSR count). The summed E-state index contributed by atoms with van der Waals surface area (Å²) >= 11 is 12.7. The lowest BCUT2D eigenvalue weighted by molar-refractivity contribution is -0.141. The van der Waals surface area contributed by atoms with Crippen molar-refractivity contribution >= 4 is 35.0 Å². The first-order valence-corrected chi connectivity index (χ1v) is 11.7. The van der Waals surface area contributed by atoms with E-state index in [0.29, 0.717) is 35.1 Å². The van der Waals surface area contributed by atoms with Crippen LogP contribution in [0.25, 0.3) is 0 Å². The van der Waals surface area contributed by atoms with Crippen LogP contribution in [0, 0.1) is 6.92 Å². The third kappa shape index (κ3) is 7.72. The van der Waals surface area contributed by atoms with Gasteiger partial charge in [0.25, 0.3) is 0 Å². The fourth-order valence-electron chi connectivity index (χ4n) is 3.35. The molecule has 0 spiro atoms. The van der Waals surface area contributed by atoms with E-state index in [4.69, 9.17) is 27.9 Å². The predicted molar refractivity (Wildman–Crippen MR) is 130 cm³/mol. The number of ether oxygens (including phenoxy) is 1. The lowest BCUT2D eigenvalue weighted by Gasteiger charge is -2.31. The van der Waals surface area contributed by atoms with Gasteiger partial charge in [0, 0.05) is 34.6 Å². The number of carbonyl (C=O) groups excluding carboxylic acids is 2. The van der Waals surface area contributed by atoms with Crippen molar-refractivity contribution in [2.45, 2.75) is 65.6 Å². The molecule has 0 radical (unpaired) electrons. The highest BCUT2D eigenvalue weighted by Crippen LogP contribution is 2.27. The van der Waals surface area contributed by atoms with Crippen LogP contribution in [0.15, 0.2) is 42.5 Å². The van der Waals surface area contributed by atoms with Crippen LogP contribution in [0.5, 0.6) is 5.75 Å². The van der Waals surface area contributed by atoms with Crippen LogP contribution in [-0.2, 0) is 16.1 Å². The smallest absolute Gasteiger partial charge is 0.243 e. The molecule has 0 fully saturated rings. The van der Waals surface area contributed by atoms with Crippen LogP contribution in [0.4, 0.5) is 0 Å². The van der Waals surface area contributed by atoms with Crippen molar-refractivity contribution in [1.29, 1.82) is 0 Å². The lowest BCUT2D eigenvalue weighted by atomic mass is 10.1. The third-order valence-electron chi connectivity index (χ3n) is 5.03. The number of aryl methyl sites for hydroxylation is 1. The highest BCUT2D eigenvalue weighted by Gasteiger charge is 2.29. The first-order valence-electron chi connectivity index (χ1n) is 10.9. The van der Waals surface area contributed by atoms with Crippen LogP contribution >= 0.6 is 23.2 Å². The summed E-state index contributed by atoms with van der Waals surface area (Å²) < 4.78 is 5.74. The van der Waals surface area contributed by atoms with Gasteiger partial charge in [-0.15, -0.1) is 0 Å². The van der Waals surface area contributed by atoms with Crippen molar-refractivity contribution < 1.29 is 14.3 Å². The van der Waals surface area contributed by atoms with Gasteiger partial charge in [-0.25, -0.2) is 0 Å². The molecule has 7 heteroatoms. The van der Waals surface area contributed by atoms with Gasteiger partial charge in [-0.3, -0.25) is 9.59 Å². The lowest BCUT2D eigenvalue weighted by Crippen LogP contribution is -2.50. The molecule has 0 bridgehead atoms. The molecule has 1 atom stereocenters. The van der Waals surface area contributed by atoms with E-state index in [-0.39, 0.29) is 30.8 Å². The average Bonchev–Trinajstić information content (AvgIpc) is 2.73. The molecule has 0 unspecified atom stereocenters. The van der Waals surface area contributed by atoms with E-state index < -0.39 is 6.04 Å². The van der Waals surface area contributed by atoms with E-state index in [2.05, 4.69) is 5.32 Å². The maximum atomic E-state index is 13.2. The van der Waals surface area contributed by atoms with Gasteiger partial charge < -0.3 is 15.0 Å². The van der Waals surface area contributed by atoms with Gasteiger partial charge in [0.15, 0.2) is 0 Å². The molecule has 0 aromatic heterocycles. The number of nitrogens with one attached hydrogen (secondary N) is 1. The number of benzene rings is 2. The number of rotatable bonds is 11. The monoisotopic (exact) mass is 478 g/mol. The van der Waals surface area contributed by atoms with E-state index in [9.17, 15) is 9.59 Å². The Bertz CT molecular complexity index is 880. The summed E-state index contributed by atoms with van der Waals surface area (Å²) in [6, 6.07) is 12.4. The third-order valence-corrected chi connectivity index (χ3v) is 5.74. The number of amides is 2. The average molecular weight is 479 g/mol. The number of halogens is 2. The molecule has 32 heavy (non-hydrogen) atoms. The maximum Gasteiger partial charge on any atom is 0.243 e. The molecule has 0 saturated heterocycles. The Hall–Kier alpha value is -2.24. The van der Waals surface area contributed by atoms with Crippen molar-refractivity contribution in [3.05, 3.63) is 63.6 Å². The topological polar surface area (TPSA) is 58.6 Å². The Morgan fingerprint density at radius 3 is 2.25 bits per heavy atom. The van der Waals surface area contributed by atoms with Gasteiger partial charge in [-0.05, 0) is 57.9 Å². The van der Waals surface area contributed by atoms with Crippen molar-refractivity contribution in [3.63, 3.8) is 0 Å². The van der Waals surface area contributed by atoms with Crippen LogP contribution in [0.3, 0.4) is 0 Å². The first kappa shape index (κ1) is 26.0. The largest absolute Gasteiger partial charge is 0.494 e. The molecule has 2 aromatic carbocycles. The van der Waals surface area contributed by atoms with E-state index in [1.54, 1.807) is 23.1 Å². The zero-order valence-electron chi connectivity index (χ0n) is 19.2. The second kappa shape index (κ2) is 12.7. The molecular weight excluding hydrogens is 447 g/mol. The summed E-state index contributed by atoms with van der Waals surface area (Å²) in [6.45, 7) is 8.26. The first-order chi connectivity index (χ1) is 15.2. The molecular formula is C25H32Cl2N2O3. The zero-order valence-corrected chi connectivity index (χ0v) is 20.7. The van der Waals surface area contributed by atoms with Crippen molar-refractivity contribution in [1.82, 2.24) is 10.2 Å². The molecule has 1 N–H and O–H groups in total. The minimum atomic E-state index is -0.616. The summed E-state index contributed by atoms with van der Waals surface area (Å²) in [6.07, 6.45) is 1.26. The summed E-state index contributed by atoms with van der Waals surface area (Å²) in [7, 11) is 0. The highest BCUT2D eigenvalue weighted by molar-refractivity contribution is 6.36. The standard InChI is InChI=1S/C25H32Cl2N2O3/c1-5-23(25(31)28-17(2)3)29(16-20-21(26)8-6-9-22(20)27)24(30)10-7-15-32-19-13-11-18(4)12-14-19/h6,8-9,11-14,17,23H,5,7,10,15-16H2,1-4H3,(H,28,31)/t23-/m0/s1. The fourth-order valence-corrected chi connectivity index (χ4v) is 3.86. The van der Waals surface area contributed by atoms with E-state index >= 15 is 0 Å². The second-order valence-electron chi connectivity index (χ2n) is 8.07. The van der Waals surface area contributed by atoms with Gasteiger partial charge in [-0.2, -0.15) is 0 Å². The molecule has 0 heterocycles. The summed E-state index contributed by atoms with van der Waals surface area (Å²) in [5.74, 6) is 0.444. The summed E-state index contributed by atoms with van der Waals surface area (Å²) in [4.78, 5) is 27.6. The fraction of sp³-hybridized carbons (Fsp3) is 0.440. The molecule has 0 saturated carbocycles. The quantitative estimate of drug-likeness (QED) is 0.415. The molecule has 0 aliphatic carbocycles. The number of hydrogen-bond donors (Lipinski definition) is 1. The van der Waals surface area contributed by atoms with E-state index in [1.165, 1.54) is 0 Å². The molecule has 5 nitrogen and oxygen atoms in total. The van der Waals surface area contributed by atoms with Gasteiger partial charge in [0.1, 0.15) is 11.8 Å². The Morgan fingerprint density at radius 1 is 1.06 bits per heavy atom. The van der Waals surface area contributed by atoms with Crippen molar-refractivity contribution in [2.75, 3.05) is 6.61 Å². The molecule has 2 amide bonds.